The van der Waals surface area contributed by atoms with Crippen LogP contribution in [0.1, 0.15) is 26.7 Å². The number of fused-ring (bicyclic) bond motifs is 1. The molecule has 0 spiro atoms. The van der Waals surface area contributed by atoms with Gasteiger partial charge in [-0.2, -0.15) is 0 Å². The van der Waals surface area contributed by atoms with Gasteiger partial charge in [-0.25, -0.2) is 0 Å². The van der Waals surface area contributed by atoms with Gasteiger partial charge in [0.25, 0.3) is 0 Å². The van der Waals surface area contributed by atoms with Crippen LogP contribution in [0.25, 0.3) is 0 Å². The van der Waals surface area contributed by atoms with E-state index >= 15 is 0 Å². The zero-order chi connectivity index (χ0) is 7.14. The Morgan fingerprint density at radius 1 is 1.10 bits per heavy atom. The molecule has 0 aromatic carbocycles. The average molecular weight is 132 g/mol. The quantitative estimate of drug-likeness (QED) is 0.475. The standard InChI is InChI=1S/C10H12/c1-7-5-9-4-3-8(2)10(9)6-7/h5-6H,3-4H2,1-2H3. The lowest BCUT2D eigenvalue weighted by molar-refractivity contribution is 1.01. The summed E-state index contributed by atoms with van der Waals surface area (Å²) >= 11 is 0. The molecular weight excluding hydrogens is 120 g/mol. The predicted molar refractivity (Wildman–Crippen MR) is 43.8 cm³/mol. The van der Waals surface area contributed by atoms with Gasteiger partial charge >= 0.3 is 0 Å². The van der Waals surface area contributed by atoms with E-state index in [1.807, 2.05) is 0 Å². The van der Waals surface area contributed by atoms with Crippen molar-refractivity contribution in [2.75, 3.05) is 0 Å². The first-order valence-electron chi connectivity index (χ1n) is 3.86. The molecule has 0 N–H and O–H groups in total. The van der Waals surface area contributed by atoms with Gasteiger partial charge in [0.05, 0.1) is 0 Å². The van der Waals surface area contributed by atoms with E-state index in [2.05, 4.69) is 26.0 Å². The minimum atomic E-state index is 1.27. The highest BCUT2D eigenvalue weighted by Crippen LogP contribution is 2.37. The van der Waals surface area contributed by atoms with Gasteiger partial charge in [0.2, 0.25) is 0 Å². The molecule has 0 saturated heterocycles. The molecule has 0 saturated carbocycles. The summed E-state index contributed by atoms with van der Waals surface area (Å²) in [5.41, 5.74) is 6.08. The van der Waals surface area contributed by atoms with Crippen LogP contribution in [0, 0.1) is 0 Å². The molecule has 0 fully saturated rings. The topological polar surface area (TPSA) is 0 Å². The second-order valence-corrected chi connectivity index (χ2v) is 3.25. The number of rotatable bonds is 0. The Balaban J connectivity index is 2.51. The summed E-state index contributed by atoms with van der Waals surface area (Å²) in [5, 5.41) is 0. The molecule has 0 radical (unpaired) electrons. The van der Waals surface area contributed by atoms with Gasteiger partial charge in [0.1, 0.15) is 0 Å². The van der Waals surface area contributed by atoms with Crippen molar-refractivity contribution >= 4 is 0 Å². The lowest BCUT2D eigenvalue weighted by atomic mass is 10.1. The van der Waals surface area contributed by atoms with E-state index in [1.165, 1.54) is 24.0 Å². The molecule has 2 rings (SSSR count). The Labute approximate surface area is 61.9 Å². The summed E-state index contributed by atoms with van der Waals surface area (Å²) in [4.78, 5) is 0. The van der Waals surface area contributed by atoms with Gasteiger partial charge in [-0.1, -0.05) is 23.3 Å². The third-order valence-corrected chi connectivity index (χ3v) is 2.35. The molecule has 0 aliphatic heterocycles. The van der Waals surface area contributed by atoms with E-state index in [0.29, 0.717) is 0 Å². The zero-order valence-corrected chi connectivity index (χ0v) is 6.57. The molecule has 2 aliphatic rings. The highest BCUT2D eigenvalue weighted by Gasteiger charge is 2.17. The van der Waals surface area contributed by atoms with Crippen LogP contribution in [0.2, 0.25) is 0 Å². The SMILES string of the molecule is CC1=CC2=C(C)CCC2=C1. The molecule has 2 aliphatic carbocycles. The Morgan fingerprint density at radius 3 is 2.60 bits per heavy atom. The molecule has 0 heterocycles. The lowest BCUT2D eigenvalue weighted by Gasteiger charge is -1.90. The first-order chi connectivity index (χ1) is 4.77. The van der Waals surface area contributed by atoms with Crippen LogP contribution >= 0.6 is 0 Å². The summed E-state index contributed by atoms with van der Waals surface area (Å²) in [6.45, 7) is 4.41. The normalized spacial score (nSPS) is 23.0. The Morgan fingerprint density at radius 2 is 1.90 bits per heavy atom. The van der Waals surface area contributed by atoms with Gasteiger partial charge in [-0.3, -0.25) is 0 Å². The maximum atomic E-state index is 2.31. The molecule has 0 aromatic rings. The molecule has 0 nitrogen and oxygen atoms in total. The highest BCUT2D eigenvalue weighted by atomic mass is 14.2. The van der Waals surface area contributed by atoms with E-state index in [0.717, 1.165) is 0 Å². The second-order valence-electron chi connectivity index (χ2n) is 3.25. The van der Waals surface area contributed by atoms with Crippen molar-refractivity contribution in [1.29, 1.82) is 0 Å². The van der Waals surface area contributed by atoms with E-state index in [4.69, 9.17) is 0 Å². The van der Waals surface area contributed by atoms with Gasteiger partial charge in [-0.15, -0.1) is 0 Å². The van der Waals surface area contributed by atoms with Crippen LogP contribution in [-0.4, -0.2) is 0 Å². The van der Waals surface area contributed by atoms with Crippen LogP contribution in [0.5, 0.6) is 0 Å². The number of allylic oxidation sites excluding steroid dienone is 6. The van der Waals surface area contributed by atoms with Crippen LogP contribution < -0.4 is 0 Å². The maximum Gasteiger partial charge on any atom is -0.0232 e. The summed E-state index contributed by atoms with van der Waals surface area (Å²) in [7, 11) is 0. The molecule has 0 unspecified atom stereocenters. The van der Waals surface area contributed by atoms with Gasteiger partial charge < -0.3 is 0 Å². The van der Waals surface area contributed by atoms with Crippen LogP contribution in [-0.2, 0) is 0 Å². The maximum absolute atomic E-state index is 2.31. The fraction of sp³-hybridized carbons (Fsp3) is 0.400. The smallest absolute Gasteiger partial charge is 0.0232 e. The zero-order valence-electron chi connectivity index (χ0n) is 6.57. The fourth-order valence-corrected chi connectivity index (χ4v) is 1.78. The van der Waals surface area contributed by atoms with E-state index in [9.17, 15) is 0 Å². The van der Waals surface area contributed by atoms with Crippen LogP contribution in [0.4, 0.5) is 0 Å². The molecular formula is C10H12. The Kier molecular flexibility index (Phi) is 1.10. The molecule has 52 valence electrons. The molecule has 0 heteroatoms. The van der Waals surface area contributed by atoms with Crippen molar-refractivity contribution in [3.05, 3.63) is 34.4 Å². The van der Waals surface area contributed by atoms with E-state index in [1.54, 1.807) is 11.1 Å². The first kappa shape index (κ1) is 5.96. The van der Waals surface area contributed by atoms with Crippen molar-refractivity contribution in [2.24, 2.45) is 0 Å². The van der Waals surface area contributed by atoms with Gasteiger partial charge in [0, 0.05) is 0 Å². The Hall–Kier alpha value is -0.780. The van der Waals surface area contributed by atoms with Crippen molar-refractivity contribution in [3.8, 4) is 0 Å². The largest absolute Gasteiger partial charge is 0.0655 e. The fourth-order valence-electron chi connectivity index (χ4n) is 1.78. The summed E-state index contributed by atoms with van der Waals surface area (Å²) in [6.07, 6.45) is 7.17. The van der Waals surface area contributed by atoms with Gasteiger partial charge in [0.15, 0.2) is 0 Å². The van der Waals surface area contributed by atoms with Crippen molar-refractivity contribution < 1.29 is 0 Å². The van der Waals surface area contributed by atoms with Crippen molar-refractivity contribution in [3.63, 3.8) is 0 Å². The van der Waals surface area contributed by atoms with E-state index < -0.39 is 0 Å². The summed E-state index contributed by atoms with van der Waals surface area (Å²) in [6, 6.07) is 0. The van der Waals surface area contributed by atoms with Crippen molar-refractivity contribution in [1.82, 2.24) is 0 Å². The number of hydrogen-bond acceptors (Lipinski definition) is 0. The molecule has 10 heavy (non-hydrogen) atoms. The average Bonchev–Trinajstić information content (AvgIpc) is 2.35. The third kappa shape index (κ3) is 0.683. The summed E-state index contributed by atoms with van der Waals surface area (Å²) in [5.74, 6) is 0. The molecule has 0 amide bonds. The minimum absolute atomic E-state index is 1.27. The predicted octanol–water partition coefficient (Wildman–Crippen LogP) is 2.98. The van der Waals surface area contributed by atoms with E-state index in [-0.39, 0.29) is 0 Å². The van der Waals surface area contributed by atoms with Crippen LogP contribution in [0.3, 0.4) is 0 Å². The molecule has 0 bridgehead atoms. The van der Waals surface area contributed by atoms with Crippen molar-refractivity contribution in [2.45, 2.75) is 26.7 Å². The van der Waals surface area contributed by atoms with Gasteiger partial charge in [-0.05, 0) is 37.8 Å². The third-order valence-electron chi connectivity index (χ3n) is 2.35. The molecule has 0 aromatic heterocycles. The summed E-state index contributed by atoms with van der Waals surface area (Å²) < 4.78 is 0. The first-order valence-corrected chi connectivity index (χ1v) is 3.86. The number of hydrogen-bond donors (Lipinski definition) is 0. The molecule has 0 atom stereocenters. The second kappa shape index (κ2) is 1.85. The van der Waals surface area contributed by atoms with Crippen LogP contribution in [0.15, 0.2) is 34.4 Å². The monoisotopic (exact) mass is 132 g/mol. The highest BCUT2D eigenvalue weighted by molar-refractivity contribution is 5.57. The lowest BCUT2D eigenvalue weighted by Crippen LogP contribution is -1.71. The minimum Gasteiger partial charge on any atom is -0.0655 e. The Bertz CT molecular complexity index is 262.